The Morgan fingerprint density at radius 3 is 2.54 bits per heavy atom. The molecule has 24 heavy (non-hydrogen) atoms. The van der Waals surface area contributed by atoms with Crippen LogP contribution in [0.5, 0.6) is 0 Å². The van der Waals surface area contributed by atoms with Gasteiger partial charge < -0.3 is 14.5 Å². The molecule has 2 aliphatic heterocycles. The molecule has 3 heterocycles. The second-order valence-electron chi connectivity index (χ2n) is 5.97. The lowest BCUT2D eigenvalue weighted by molar-refractivity contribution is -0.141. The van der Waals surface area contributed by atoms with Crippen LogP contribution in [0.3, 0.4) is 0 Å². The molecule has 1 atom stereocenters. The summed E-state index contributed by atoms with van der Waals surface area (Å²) in [6.45, 7) is 3.82. The van der Waals surface area contributed by atoms with Crippen molar-refractivity contribution in [3.05, 3.63) is 17.6 Å². The van der Waals surface area contributed by atoms with Crippen molar-refractivity contribution < 1.29 is 22.7 Å². The van der Waals surface area contributed by atoms with Gasteiger partial charge >= 0.3 is 6.18 Å². The molecule has 2 aliphatic rings. The summed E-state index contributed by atoms with van der Waals surface area (Å²) in [4.78, 5) is 23.3. The second-order valence-corrected chi connectivity index (χ2v) is 5.97. The number of hydrogen-bond donors (Lipinski definition) is 0. The molecule has 1 aromatic heterocycles. The molecule has 0 unspecified atom stereocenters. The Bertz CT molecular complexity index is 609. The Hall–Kier alpha value is -1.90. The van der Waals surface area contributed by atoms with E-state index in [4.69, 9.17) is 4.74 Å². The van der Waals surface area contributed by atoms with Crippen LogP contribution in [0.2, 0.25) is 0 Å². The molecule has 0 N–H and O–H groups in total. The number of carbonyl (C=O) groups is 1. The number of halogens is 3. The van der Waals surface area contributed by atoms with Gasteiger partial charge in [-0.15, -0.1) is 0 Å². The van der Waals surface area contributed by atoms with Gasteiger partial charge in [0, 0.05) is 38.9 Å². The van der Waals surface area contributed by atoms with Gasteiger partial charge in [0.25, 0.3) is 5.91 Å². The first kappa shape index (κ1) is 16.9. The molecule has 3 rings (SSSR count). The van der Waals surface area contributed by atoms with Crippen molar-refractivity contribution >= 4 is 11.7 Å². The highest BCUT2D eigenvalue weighted by Gasteiger charge is 2.35. The maximum absolute atomic E-state index is 12.9. The number of anilines is 1. The molecule has 2 fully saturated rings. The summed E-state index contributed by atoms with van der Waals surface area (Å²) in [5, 5.41) is 0. The van der Waals surface area contributed by atoms with Gasteiger partial charge in [-0.25, -0.2) is 9.97 Å². The lowest BCUT2D eigenvalue weighted by Crippen LogP contribution is -2.51. The van der Waals surface area contributed by atoms with Gasteiger partial charge in [0.2, 0.25) is 0 Å². The fraction of sp³-hybridized carbons (Fsp3) is 0.667. The van der Waals surface area contributed by atoms with E-state index in [2.05, 4.69) is 9.97 Å². The predicted molar refractivity (Wildman–Crippen MR) is 79.5 cm³/mol. The molecule has 1 amide bonds. The van der Waals surface area contributed by atoms with E-state index in [1.807, 2.05) is 0 Å². The summed E-state index contributed by atoms with van der Waals surface area (Å²) < 4.78 is 44.0. The number of aryl methyl sites for hydroxylation is 1. The van der Waals surface area contributed by atoms with Crippen LogP contribution in [0.25, 0.3) is 0 Å². The van der Waals surface area contributed by atoms with Crippen LogP contribution in [0.15, 0.2) is 6.07 Å². The number of carbonyl (C=O) groups excluding carboxylic acids is 1. The van der Waals surface area contributed by atoms with Gasteiger partial charge in [-0.3, -0.25) is 4.79 Å². The van der Waals surface area contributed by atoms with Crippen molar-refractivity contribution in [3.63, 3.8) is 0 Å². The van der Waals surface area contributed by atoms with Gasteiger partial charge in [0.1, 0.15) is 23.4 Å². The fourth-order valence-electron chi connectivity index (χ4n) is 2.99. The van der Waals surface area contributed by atoms with Crippen molar-refractivity contribution in [2.24, 2.45) is 0 Å². The number of aromatic nitrogens is 2. The molecule has 0 bridgehead atoms. The lowest BCUT2D eigenvalue weighted by Gasteiger charge is -2.36. The van der Waals surface area contributed by atoms with Crippen molar-refractivity contribution in [3.8, 4) is 0 Å². The SMILES string of the molecule is Cc1nc(N2CCN(C(=O)[C@@H]3CCCO3)CC2)cc(C(F)(F)F)n1. The summed E-state index contributed by atoms with van der Waals surface area (Å²) in [6, 6.07) is 0.963. The van der Waals surface area contributed by atoms with E-state index in [1.54, 1.807) is 9.80 Å². The van der Waals surface area contributed by atoms with Crippen molar-refractivity contribution in [1.82, 2.24) is 14.9 Å². The predicted octanol–water partition coefficient (Wildman–Crippen LogP) is 1.63. The van der Waals surface area contributed by atoms with Gasteiger partial charge in [0.15, 0.2) is 0 Å². The van der Waals surface area contributed by atoms with Crippen LogP contribution in [-0.2, 0) is 15.7 Å². The maximum Gasteiger partial charge on any atom is 0.433 e. The number of piperazine rings is 1. The van der Waals surface area contributed by atoms with Gasteiger partial charge in [0.05, 0.1) is 0 Å². The summed E-state index contributed by atoms with van der Waals surface area (Å²) in [6.07, 6.45) is -3.25. The summed E-state index contributed by atoms with van der Waals surface area (Å²) in [5.41, 5.74) is -0.942. The highest BCUT2D eigenvalue weighted by Crippen LogP contribution is 2.30. The Balaban J connectivity index is 1.66. The zero-order valence-corrected chi connectivity index (χ0v) is 13.3. The number of rotatable bonds is 2. The highest BCUT2D eigenvalue weighted by molar-refractivity contribution is 5.81. The Labute approximate surface area is 137 Å². The van der Waals surface area contributed by atoms with Crippen LogP contribution in [-0.4, -0.2) is 59.7 Å². The molecular weight excluding hydrogens is 325 g/mol. The third kappa shape index (κ3) is 3.61. The topological polar surface area (TPSA) is 58.6 Å². The number of alkyl halides is 3. The molecule has 0 spiro atoms. The quantitative estimate of drug-likeness (QED) is 0.816. The van der Waals surface area contributed by atoms with E-state index >= 15 is 0 Å². The van der Waals surface area contributed by atoms with Crippen molar-refractivity contribution in [1.29, 1.82) is 0 Å². The lowest BCUT2D eigenvalue weighted by atomic mass is 10.2. The highest BCUT2D eigenvalue weighted by atomic mass is 19.4. The molecular formula is C15H19F3N4O2. The summed E-state index contributed by atoms with van der Waals surface area (Å²) in [7, 11) is 0. The zero-order chi connectivity index (χ0) is 17.3. The molecule has 0 radical (unpaired) electrons. The summed E-state index contributed by atoms with van der Waals surface area (Å²) in [5.74, 6) is 0.304. The van der Waals surface area contributed by atoms with Gasteiger partial charge in [-0.1, -0.05) is 0 Å². The van der Waals surface area contributed by atoms with Gasteiger partial charge in [-0.2, -0.15) is 13.2 Å². The Kier molecular flexibility index (Phi) is 4.62. The molecule has 0 aliphatic carbocycles. The molecule has 0 saturated carbocycles. The third-order valence-electron chi connectivity index (χ3n) is 4.24. The van der Waals surface area contributed by atoms with Crippen molar-refractivity contribution in [2.75, 3.05) is 37.7 Å². The minimum atomic E-state index is -4.50. The van der Waals surface area contributed by atoms with E-state index in [9.17, 15) is 18.0 Å². The first-order valence-corrected chi connectivity index (χ1v) is 7.93. The van der Waals surface area contributed by atoms with Crippen molar-refractivity contribution in [2.45, 2.75) is 32.0 Å². The average molecular weight is 344 g/mol. The first-order valence-electron chi connectivity index (χ1n) is 7.93. The molecule has 0 aromatic carbocycles. The van der Waals surface area contributed by atoms with E-state index in [-0.39, 0.29) is 23.7 Å². The smallest absolute Gasteiger partial charge is 0.368 e. The van der Waals surface area contributed by atoms with E-state index in [0.717, 1.165) is 18.9 Å². The minimum absolute atomic E-state index is 0.0259. The number of ether oxygens (including phenoxy) is 1. The molecule has 9 heteroatoms. The van der Waals surface area contributed by atoms with Crippen LogP contribution in [0, 0.1) is 6.92 Å². The molecule has 6 nitrogen and oxygen atoms in total. The van der Waals surface area contributed by atoms with E-state index in [1.165, 1.54) is 6.92 Å². The maximum atomic E-state index is 12.9. The first-order chi connectivity index (χ1) is 11.3. The second kappa shape index (κ2) is 6.54. The van der Waals surface area contributed by atoms with Crippen LogP contribution < -0.4 is 4.90 Å². The average Bonchev–Trinajstić information content (AvgIpc) is 3.07. The Morgan fingerprint density at radius 1 is 1.25 bits per heavy atom. The largest absolute Gasteiger partial charge is 0.433 e. The zero-order valence-electron chi connectivity index (χ0n) is 13.3. The Morgan fingerprint density at radius 2 is 1.96 bits per heavy atom. The minimum Gasteiger partial charge on any atom is -0.368 e. The number of nitrogens with zero attached hydrogens (tertiary/aromatic N) is 4. The standard InChI is InChI=1S/C15H19F3N4O2/c1-10-19-12(15(16,17)18)9-13(20-10)21-4-6-22(7-5-21)14(23)11-3-2-8-24-11/h9,11H,2-8H2,1H3/t11-/m0/s1. The normalized spacial score (nSPS) is 22.1. The van der Waals surface area contributed by atoms with E-state index in [0.29, 0.717) is 32.8 Å². The van der Waals surface area contributed by atoms with Gasteiger partial charge in [-0.05, 0) is 19.8 Å². The molecule has 2 saturated heterocycles. The monoisotopic (exact) mass is 344 g/mol. The number of amides is 1. The van der Waals surface area contributed by atoms with E-state index < -0.39 is 11.9 Å². The van der Waals surface area contributed by atoms with Crippen LogP contribution in [0.4, 0.5) is 19.0 Å². The molecule has 132 valence electrons. The fourth-order valence-corrected chi connectivity index (χ4v) is 2.99. The third-order valence-corrected chi connectivity index (χ3v) is 4.24. The number of hydrogen-bond acceptors (Lipinski definition) is 5. The van der Waals surface area contributed by atoms with Crippen LogP contribution in [0.1, 0.15) is 24.4 Å². The van der Waals surface area contributed by atoms with Crippen LogP contribution >= 0.6 is 0 Å². The molecule has 1 aromatic rings. The summed E-state index contributed by atoms with van der Waals surface area (Å²) >= 11 is 0.